The summed E-state index contributed by atoms with van der Waals surface area (Å²) in [6.07, 6.45) is 0.943. The van der Waals surface area contributed by atoms with Gasteiger partial charge in [0.25, 0.3) is 5.91 Å². The lowest BCUT2D eigenvalue weighted by Crippen LogP contribution is -2.12. The van der Waals surface area contributed by atoms with Crippen molar-refractivity contribution in [2.45, 2.75) is 23.4 Å². The smallest absolute Gasteiger partial charge is 0.255 e. The van der Waals surface area contributed by atoms with Gasteiger partial charge in [-0.3, -0.25) is 4.79 Å². The number of halogens is 1. The Labute approximate surface area is 170 Å². The summed E-state index contributed by atoms with van der Waals surface area (Å²) in [7, 11) is 1.82. The van der Waals surface area contributed by atoms with E-state index in [1.165, 1.54) is 11.8 Å². The van der Waals surface area contributed by atoms with Crippen molar-refractivity contribution in [2.24, 2.45) is 7.05 Å². The molecule has 2 aromatic carbocycles. The summed E-state index contributed by atoms with van der Waals surface area (Å²) in [6, 6.07) is 14.7. The Morgan fingerprint density at radius 3 is 2.63 bits per heavy atom. The number of aromatic nitrogens is 3. The standard InChI is InChI=1S/C19H19BrN4O2S/c1-3-12-26-14-10-8-13(9-11-14)17(25)21-15-6-4-5-7-16(15)27-19-22-18(20)23-24(19)2/h4-11H,3,12H2,1-2H3,(H,21,25). The number of benzene rings is 2. The number of para-hydroxylation sites is 1. The molecule has 3 aromatic rings. The van der Waals surface area contributed by atoms with E-state index >= 15 is 0 Å². The first-order chi connectivity index (χ1) is 13.1. The molecule has 1 aromatic heterocycles. The number of rotatable bonds is 7. The van der Waals surface area contributed by atoms with Crippen molar-refractivity contribution < 1.29 is 9.53 Å². The zero-order valence-electron chi connectivity index (χ0n) is 15.0. The predicted molar refractivity (Wildman–Crippen MR) is 109 cm³/mol. The van der Waals surface area contributed by atoms with Gasteiger partial charge in [-0.25, -0.2) is 4.68 Å². The van der Waals surface area contributed by atoms with E-state index in [4.69, 9.17) is 4.74 Å². The van der Waals surface area contributed by atoms with Gasteiger partial charge in [0.2, 0.25) is 4.73 Å². The van der Waals surface area contributed by atoms with Crippen LogP contribution in [0.4, 0.5) is 5.69 Å². The molecule has 0 unspecified atom stereocenters. The number of nitrogens with one attached hydrogen (secondary N) is 1. The van der Waals surface area contributed by atoms with Gasteiger partial charge in [-0.15, -0.1) is 5.10 Å². The largest absolute Gasteiger partial charge is 0.494 e. The van der Waals surface area contributed by atoms with Gasteiger partial charge in [-0.1, -0.05) is 19.1 Å². The van der Waals surface area contributed by atoms with E-state index in [0.29, 0.717) is 16.9 Å². The molecule has 3 rings (SSSR count). The monoisotopic (exact) mass is 446 g/mol. The van der Waals surface area contributed by atoms with Gasteiger partial charge in [0.05, 0.1) is 12.3 Å². The number of carbonyl (C=O) groups is 1. The van der Waals surface area contributed by atoms with E-state index in [0.717, 1.165) is 27.9 Å². The Hall–Kier alpha value is -2.32. The molecule has 1 amide bonds. The van der Waals surface area contributed by atoms with Crippen LogP contribution < -0.4 is 10.1 Å². The maximum absolute atomic E-state index is 12.6. The van der Waals surface area contributed by atoms with Crippen molar-refractivity contribution in [3.63, 3.8) is 0 Å². The number of aryl methyl sites for hydroxylation is 1. The van der Waals surface area contributed by atoms with Gasteiger partial charge >= 0.3 is 0 Å². The van der Waals surface area contributed by atoms with Crippen molar-refractivity contribution >= 4 is 39.3 Å². The van der Waals surface area contributed by atoms with E-state index in [9.17, 15) is 4.79 Å². The molecule has 0 aliphatic rings. The summed E-state index contributed by atoms with van der Waals surface area (Å²) in [5.74, 6) is 0.585. The zero-order chi connectivity index (χ0) is 19.2. The molecule has 0 saturated carbocycles. The number of amides is 1. The molecule has 1 heterocycles. The average Bonchev–Trinajstić information content (AvgIpc) is 2.99. The summed E-state index contributed by atoms with van der Waals surface area (Å²) >= 11 is 4.71. The molecule has 0 bridgehead atoms. The topological polar surface area (TPSA) is 69.0 Å². The molecule has 0 fully saturated rings. The Morgan fingerprint density at radius 1 is 1.22 bits per heavy atom. The third-order valence-electron chi connectivity index (χ3n) is 3.62. The molecule has 1 N–H and O–H groups in total. The molecule has 0 saturated heterocycles. The second-order valence-corrected chi connectivity index (χ2v) is 7.43. The fraction of sp³-hybridized carbons (Fsp3) is 0.211. The van der Waals surface area contributed by atoms with E-state index in [2.05, 4.69) is 38.3 Å². The Bertz CT molecular complexity index is 928. The molecule has 0 radical (unpaired) electrons. The number of carbonyl (C=O) groups excluding carboxylic acids is 1. The molecule has 0 atom stereocenters. The second kappa shape index (κ2) is 9.05. The highest BCUT2D eigenvalue weighted by Gasteiger charge is 2.13. The van der Waals surface area contributed by atoms with Crippen LogP contribution in [0.2, 0.25) is 0 Å². The molecule has 6 nitrogen and oxygen atoms in total. The highest BCUT2D eigenvalue weighted by atomic mass is 79.9. The van der Waals surface area contributed by atoms with Crippen LogP contribution in [0.25, 0.3) is 0 Å². The average molecular weight is 447 g/mol. The van der Waals surface area contributed by atoms with Crippen molar-refractivity contribution in [1.29, 1.82) is 0 Å². The quantitative estimate of drug-likeness (QED) is 0.565. The SMILES string of the molecule is CCCOc1ccc(C(=O)Nc2ccccc2Sc2nc(Br)nn2C)cc1. The van der Waals surface area contributed by atoms with Crippen molar-refractivity contribution in [3.8, 4) is 5.75 Å². The molecule has 8 heteroatoms. The lowest BCUT2D eigenvalue weighted by Gasteiger charge is -2.11. The van der Waals surface area contributed by atoms with Gasteiger partial charge in [-0.2, -0.15) is 4.98 Å². The number of anilines is 1. The first-order valence-corrected chi connectivity index (χ1v) is 10.1. The maximum Gasteiger partial charge on any atom is 0.255 e. The van der Waals surface area contributed by atoms with Crippen molar-refractivity contribution in [3.05, 3.63) is 58.8 Å². The molecule has 0 spiro atoms. The van der Waals surface area contributed by atoms with Crippen molar-refractivity contribution in [1.82, 2.24) is 14.8 Å². The van der Waals surface area contributed by atoms with Crippen LogP contribution in [0, 0.1) is 0 Å². The van der Waals surface area contributed by atoms with Crippen molar-refractivity contribution in [2.75, 3.05) is 11.9 Å². The second-order valence-electron chi connectivity index (χ2n) is 5.71. The number of nitrogens with zero attached hydrogens (tertiary/aromatic N) is 3. The summed E-state index contributed by atoms with van der Waals surface area (Å²) in [4.78, 5) is 17.8. The lowest BCUT2D eigenvalue weighted by molar-refractivity contribution is 0.102. The van der Waals surface area contributed by atoms with Crippen LogP contribution in [0.1, 0.15) is 23.7 Å². The summed E-state index contributed by atoms with van der Waals surface area (Å²) in [5.41, 5.74) is 1.29. The fourth-order valence-corrected chi connectivity index (χ4v) is 3.70. The number of ether oxygens (including phenoxy) is 1. The Kier molecular flexibility index (Phi) is 6.52. The van der Waals surface area contributed by atoms with E-state index in [-0.39, 0.29) is 5.91 Å². The lowest BCUT2D eigenvalue weighted by atomic mass is 10.2. The highest BCUT2D eigenvalue weighted by Crippen LogP contribution is 2.32. The van der Waals surface area contributed by atoms with Crippen LogP contribution in [-0.2, 0) is 7.05 Å². The van der Waals surface area contributed by atoms with Crippen LogP contribution in [0.3, 0.4) is 0 Å². The minimum absolute atomic E-state index is 0.177. The third-order valence-corrected chi connectivity index (χ3v) is 5.07. The maximum atomic E-state index is 12.6. The molecule has 0 aliphatic carbocycles. The minimum atomic E-state index is -0.177. The van der Waals surface area contributed by atoms with E-state index < -0.39 is 0 Å². The van der Waals surface area contributed by atoms with Crippen LogP contribution in [-0.4, -0.2) is 27.3 Å². The van der Waals surface area contributed by atoms with Gasteiger partial charge < -0.3 is 10.1 Å². The third kappa shape index (κ3) is 5.11. The fourth-order valence-electron chi connectivity index (χ4n) is 2.30. The summed E-state index contributed by atoms with van der Waals surface area (Å²) in [6.45, 7) is 2.71. The molecule has 27 heavy (non-hydrogen) atoms. The predicted octanol–water partition coefficient (Wildman–Crippen LogP) is 4.77. The Balaban J connectivity index is 1.73. The zero-order valence-corrected chi connectivity index (χ0v) is 17.4. The van der Waals surface area contributed by atoms with Crippen LogP contribution in [0.15, 0.2) is 63.3 Å². The first-order valence-electron chi connectivity index (χ1n) is 8.44. The van der Waals surface area contributed by atoms with E-state index in [1.807, 2.05) is 43.4 Å². The first kappa shape index (κ1) is 19.4. The number of hydrogen-bond donors (Lipinski definition) is 1. The van der Waals surface area contributed by atoms with Gasteiger partial charge in [0.1, 0.15) is 5.75 Å². The molecular formula is C19H19BrN4O2S. The Morgan fingerprint density at radius 2 is 1.96 bits per heavy atom. The summed E-state index contributed by atoms with van der Waals surface area (Å²) in [5, 5.41) is 7.87. The van der Waals surface area contributed by atoms with Crippen LogP contribution >= 0.6 is 27.7 Å². The highest BCUT2D eigenvalue weighted by molar-refractivity contribution is 9.10. The van der Waals surface area contributed by atoms with Gasteiger partial charge in [-0.05, 0) is 70.5 Å². The molecule has 0 aliphatic heterocycles. The van der Waals surface area contributed by atoms with Gasteiger partial charge in [0, 0.05) is 17.5 Å². The van der Waals surface area contributed by atoms with E-state index in [1.54, 1.807) is 16.8 Å². The normalized spacial score (nSPS) is 10.6. The number of hydrogen-bond acceptors (Lipinski definition) is 5. The molecular weight excluding hydrogens is 428 g/mol. The molecule has 140 valence electrons. The van der Waals surface area contributed by atoms with Crippen LogP contribution in [0.5, 0.6) is 5.75 Å². The summed E-state index contributed by atoms with van der Waals surface area (Å²) < 4.78 is 7.76. The van der Waals surface area contributed by atoms with Gasteiger partial charge in [0.15, 0.2) is 5.16 Å². The minimum Gasteiger partial charge on any atom is -0.494 e.